The van der Waals surface area contributed by atoms with Gasteiger partial charge in [-0.3, -0.25) is 4.79 Å². The van der Waals surface area contributed by atoms with Crippen LogP contribution in [0.15, 0.2) is 41.5 Å². The lowest BCUT2D eigenvalue weighted by molar-refractivity contribution is 0.102. The van der Waals surface area contributed by atoms with Gasteiger partial charge in [0.05, 0.1) is 12.8 Å². The highest BCUT2D eigenvalue weighted by Gasteiger charge is 2.17. The Morgan fingerprint density at radius 3 is 2.52 bits per heavy atom. The van der Waals surface area contributed by atoms with Gasteiger partial charge in [0.2, 0.25) is 0 Å². The van der Waals surface area contributed by atoms with Crippen LogP contribution in [-0.4, -0.2) is 13.0 Å². The van der Waals surface area contributed by atoms with Crippen molar-refractivity contribution >= 4 is 17.3 Å². The highest BCUT2D eigenvalue weighted by molar-refractivity contribution is 6.05. The molecule has 0 aliphatic heterocycles. The molecule has 0 atom stereocenters. The maximum atomic E-state index is 12.6. The van der Waals surface area contributed by atoms with Crippen LogP contribution in [0.25, 0.3) is 10.4 Å². The number of nitrogens with zero attached hydrogens (tertiary/aromatic N) is 3. The van der Waals surface area contributed by atoms with E-state index < -0.39 is 0 Å². The van der Waals surface area contributed by atoms with Crippen molar-refractivity contribution in [2.45, 2.75) is 33.1 Å². The Hall–Kier alpha value is -2.98. The zero-order valence-electron chi connectivity index (χ0n) is 15.1. The standard InChI is InChI=1S/C19H22N4O2/c1-12-6-7-13(10-15(12)22-23-20)18(24)21-16-11-14(19(2,3)4)8-9-17(16)25-5/h6-11H,1-5H3,(H,21,24). The topological polar surface area (TPSA) is 87.1 Å². The number of nitrogens with one attached hydrogen (secondary N) is 1. The van der Waals surface area contributed by atoms with Crippen LogP contribution in [0.5, 0.6) is 5.75 Å². The van der Waals surface area contributed by atoms with Gasteiger partial charge in [-0.25, -0.2) is 0 Å². The highest BCUT2D eigenvalue weighted by Crippen LogP contribution is 2.32. The number of azide groups is 1. The number of amides is 1. The maximum Gasteiger partial charge on any atom is 0.255 e. The summed E-state index contributed by atoms with van der Waals surface area (Å²) in [5.74, 6) is 0.294. The Morgan fingerprint density at radius 2 is 1.92 bits per heavy atom. The summed E-state index contributed by atoms with van der Waals surface area (Å²) in [7, 11) is 1.56. The Balaban J connectivity index is 2.37. The summed E-state index contributed by atoms with van der Waals surface area (Å²) in [6.07, 6.45) is 0. The Morgan fingerprint density at radius 1 is 1.20 bits per heavy atom. The van der Waals surface area contributed by atoms with E-state index in [4.69, 9.17) is 10.3 Å². The molecular formula is C19H22N4O2. The Kier molecular flexibility index (Phi) is 5.35. The molecule has 0 aliphatic rings. The predicted octanol–water partition coefficient (Wildman–Crippen LogP) is 5.50. The van der Waals surface area contributed by atoms with Crippen molar-refractivity contribution in [2.75, 3.05) is 12.4 Å². The molecule has 0 saturated carbocycles. The molecule has 1 N–H and O–H groups in total. The molecular weight excluding hydrogens is 316 g/mol. The van der Waals surface area contributed by atoms with Crippen molar-refractivity contribution in [1.29, 1.82) is 0 Å². The number of hydrogen-bond donors (Lipinski definition) is 1. The van der Waals surface area contributed by atoms with E-state index in [2.05, 4.69) is 36.1 Å². The van der Waals surface area contributed by atoms with Crippen LogP contribution in [0, 0.1) is 6.92 Å². The molecule has 0 saturated heterocycles. The van der Waals surface area contributed by atoms with Crippen LogP contribution in [0.2, 0.25) is 0 Å². The van der Waals surface area contributed by atoms with Gasteiger partial charge in [0, 0.05) is 16.2 Å². The van der Waals surface area contributed by atoms with Crippen molar-refractivity contribution in [3.63, 3.8) is 0 Å². The number of carbonyl (C=O) groups excluding carboxylic acids is 1. The summed E-state index contributed by atoms with van der Waals surface area (Å²) in [6, 6.07) is 10.8. The molecule has 0 spiro atoms. The number of ether oxygens (including phenoxy) is 1. The van der Waals surface area contributed by atoms with E-state index >= 15 is 0 Å². The van der Waals surface area contributed by atoms with Crippen LogP contribution in [-0.2, 0) is 5.41 Å². The lowest BCUT2D eigenvalue weighted by Gasteiger charge is -2.21. The molecule has 0 aliphatic carbocycles. The van der Waals surface area contributed by atoms with Crippen LogP contribution in [0.1, 0.15) is 42.3 Å². The Labute approximate surface area is 147 Å². The molecule has 0 aromatic heterocycles. The van der Waals surface area contributed by atoms with Gasteiger partial charge in [-0.15, -0.1) is 0 Å². The van der Waals surface area contributed by atoms with Crippen LogP contribution >= 0.6 is 0 Å². The van der Waals surface area contributed by atoms with Crippen LogP contribution in [0.3, 0.4) is 0 Å². The third kappa shape index (κ3) is 4.31. The summed E-state index contributed by atoms with van der Waals surface area (Å²) in [5.41, 5.74) is 11.9. The molecule has 6 heteroatoms. The molecule has 1 amide bonds. The molecule has 2 aromatic carbocycles. The molecule has 130 valence electrons. The quantitative estimate of drug-likeness (QED) is 0.453. The number of rotatable bonds is 4. The Bertz CT molecular complexity index is 847. The summed E-state index contributed by atoms with van der Waals surface area (Å²) >= 11 is 0. The first-order chi connectivity index (χ1) is 11.8. The minimum absolute atomic E-state index is 0.0513. The number of anilines is 1. The normalized spacial score (nSPS) is 10.8. The van der Waals surface area contributed by atoms with Gasteiger partial charge < -0.3 is 10.1 Å². The third-order valence-corrected chi connectivity index (χ3v) is 3.94. The first-order valence-corrected chi connectivity index (χ1v) is 7.92. The minimum Gasteiger partial charge on any atom is -0.495 e. The lowest BCUT2D eigenvalue weighted by Crippen LogP contribution is -2.15. The second-order valence-corrected chi connectivity index (χ2v) is 6.81. The van der Waals surface area contributed by atoms with E-state index in [1.54, 1.807) is 25.3 Å². The van der Waals surface area contributed by atoms with Gasteiger partial charge in [0.1, 0.15) is 5.75 Å². The predicted molar refractivity (Wildman–Crippen MR) is 99.6 cm³/mol. The summed E-state index contributed by atoms with van der Waals surface area (Å²) in [6.45, 7) is 8.13. The molecule has 2 rings (SSSR count). The van der Waals surface area contributed by atoms with Crippen molar-refractivity contribution in [2.24, 2.45) is 5.11 Å². The van der Waals surface area contributed by atoms with Crippen LogP contribution < -0.4 is 10.1 Å². The smallest absolute Gasteiger partial charge is 0.255 e. The molecule has 0 radical (unpaired) electrons. The SMILES string of the molecule is COc1ccc(C(C)(C)C)cc1NC(=O)c1ccc(C)c(N=[N+]=[N-])c1. The van der Waals surface area contributed by atoms with Gasteiger partial charge in [0.15, 0.2) is 0 Å². The zero-order chi connectivity index (χ0) is 18.6. The van der Waals surface area contributed by atoms with E-state index in [-0.39, 0.29) is 11.3 Å². The first kappa shape index (κ1) is 18.4. The highest BCUT2D eigenvalue weighted by atomic mass is 16.5. The van der Waals surface area contributed by atoms with E-state index in [1.165, 1.54) is 0 Å². The molecule has 6 nitrogen and oxygen atoms in total. The van der Waals surface area contributed by atoms with E-state index in [1.807, 2.05) is 25.1 Å². The summed E-state index contributed by atoms with van der Waals surface area (Å²) in [5, 5.41) is 6.49. The largest absolute Gasteiger partial charge is 0.495 e. The molecule has 25 heavy (non-hydrogen) atoms. The fourth-order valence-electron chi connectivity index (χ4n) is 2.37. The second kappa shape index (κ2) is 7.28. The van der Waals surface area contributed by atoms with Crippen molar-refractivity contribution in [3.05, 3.63) is 63.5 Å². The third-order valence-electron chi connectivity index (χ3n) is 3.94. The maximum absolute atomic E-state index is 12.6. The number of aryl methyl sites for hydroxylation is 1. The van der Waals surface area contributed by atoms with Gasteiger partial charge in [-0.1, -0.05) is 38.0 Å². The summed E-state index contributed by atoms with van der Waals surface area (Å²) in [4.78, 5) is 15.4. The molecule has 2 aromatic rings. The average molecular weight is 338 g/mol. The van der Waals surface area contributed by atoms with E-state index in [0.717, 1.165) is 11.1 Å². The molecule has 0 unspecified atom stereocenters. The van der Waals surface area contributed by atoms with Crippen molar-refractivity contribution in [1.82, 2.24) is 0 Å². The van der Waals surface area contributed by atoms with E-state index in [9.17, 15) is 4.79 Å². The monoisotopic (exact) mass is 338 g/mol. The number of methoxy groups -OCH3 is 1. The van der Waals surface area contributed by atoms with Crippen molar-refractivity contribution in [3.8, 4) is 5.75 Å². The van der Waals surface area contributed by atoms with Gasteiger partial charge >= 0.3 is 0 Å². The lowest BCUT2D eigenvalue weighted by atomic mass is 9.87. The zero-order valence-corrected chi connectivity index (χ0v) is 15.1. The van der Waals surface area contributed by atoms with Gasteiger partial charge in [-0.05, 0) is 53.3 Å². The minimum atomic E-state index is -0.293. The number of hydrogen-bond acceptors (Lipinski definition) is 3. The second-order valence-electron chi connectivity index (χ2n) is 6.81. The molecule has 0 bridgehead atoms. The first-order valence-electron chi connectivity index (χ1n) is 7.92. The average Bonchev–Trinajstić information content (AvgIpc) is 2.56. The number of carbonyl (C=O) groups is 1. The van der Waals surface area contributed by atoms with Gasteiger partial charge in [-0.2, -0.15) is 0 Å². The fourth-order valence-corrected chi connectivity index (χ4v) is 2.37. The summed E-state index contributed by atoms with van der Waals surface area (Å²) < 4.78 is 5.35. The molecule has 0 fully saturated rings. The number of benzene rings is 2. The van der Waals surface area contributed by atoms with Crippen LogP contribution in [0.4, 0.5) is 11.4 Å². The van der Waals surface area contributed by atoms with Gasteiger partial charge in [0.25, 0.3) is 5.91 Å². The van der Waals surface area contributed by atoms with E-state index in [0.29, 0.717) is 22.7 Å². The fraction of sp³-hybridized carbons (Fsp3) is 0.316. The van der Waals surface area contributed by atoms with Crippen molar-refractivity contribution < 1.29 is 9.53 Å². The molecule has 0 heterocycles.